The molecule has 1 unspecified atom stereocenters. The van der Waals surface area contributed by atoms with Crippen molar-refractivity contribution in [2.75, 3.05) is 13.1 Å². The molecule has 0 bridgehead atoms. The highest BCUT2D eigenvalue weighted by Crippen LogP contribution is 2.29. The van der Waals surface area contributed by atoms with E-state index in [9.17, 15) is 4.79 Å². The van der Waals surface area contributed by atoms with Crippen molar-refractivity contribution in [2.45, 2.75) is 51.1 Å². The fourth-order valence-electron chi connectivity index (χ4n) is 4.28. The van der Waals surface area contributed by atoms with Gasteiger partial charge in [-0.25, -0.2) is 0 Å². The minimum absolute atomic E-state index is 0.0382. The van der Waals surface area contributed by atoms with Gasteiger partial charge in [-0.2, -0.15) is 0 Å². The molecule has 0 aromatic heterocycles. The number of rotatable bonds is 4. The summed E-state index contributed by atoms with van der Waals surface area (Å²) < 4.78 is 0. The summed E-state index contributed by atoms with van der Waals surface area (Å²) in [6.07, 6.45) is 7.26. The van der Waals surface area contributed by atoms with Crippen LogP contribution in [0.25, 0.3) is 0 Å². The zero-order chi connectivity index (χ0) is 17.8. The summed E-state index contributed by atoms with van der Waals surface area (Å²) in [6.45, 7) is 3.39. The summed E-state index contributed by atoms with van der Waals surface area (Å²) in [5.74, 6) is 0.0382. The number of hydrogen-bond acceptors (Lipinski definition) is 2. The Hall–Kier alpha value is -2.13. The third kappa shape index (κ3) is 3.99. The lowest BCUT2D eigenvalue weighted by molar-refractivity contribution is 0.0932. The van der Waals surface area contributed by atoms with E-state index in [0.29, 0.717) is 0 Å². The number of aryl methyl sites for hydroxylation is 1. The Kier molecular flexibility index (Phi) is 5.35. The molecular formula is C23H28N2O. The topological polar surface area (TPSA) is 32.3 Å². The van der Waals surface area contributed by atoms with Crippen LogP contribution in [0.1, 0.15) is 65.2 Å². The van der Waals surface area contributed by atoms with Crippen molar-refractivity contribution in [1.82, 2.24) is 10.2 Å². The Bertz CT molecular complexity index is 747. The highest BCUT2D eigenvalue weighted by atomic mass is 16.1. The molecule has 136 valence electrons. The van der Waals surface area contributed by atoms with Gasteiger partial charge in [0.05, 0.1) is 6.04 Å². The fraction of sp³-hybridized carbons (Fsp3) is 0.435. The van der Waals surface area contributed by atoms with E-state index >= 15 is 0 Å². The third-order valence-electron chi connectivity index (χ3n) is 5.75. The first-order valence-corrected chi connectivity index (χ1v) is 9.99. The molecule has 1 aliphatic carbocycles. The van der Waals surface area contributed by atoms with Crippen LogP contribution in [0.2, 0.25) is 0 Å². The van der Waals surface area contributed by atoms with Crippen molar-refractivity contribution in [3.63, 3.8) is 0 Å². The fourth-order valence-corrected chi connectivity index (χ4v) is 4.28. The van der Waals surface area contributed by atoms with Gasteiger partial charge in [-0.15, -0.1) is 0 Å². The number of nitrogens with one attached hydrogen (secondary N) is 1. The van der Waals surface area contributed by atoms with Gasteiger partial charge in [0, 0.05) is 12.1 Å². The summed E-state index contributed by atoms with van der Waals surface area (Å²) in [4.78, 5) is 15.2. The number of carbonyl (C=O) groups excluding carboxylic acids is 1. The van der Waals surface area contributed by atoms with Crippen LogP contribution < -0.4 is 5.32 Å². The van der Waals surface area contributed by atoms with Crippen molar-refractivity contribution in [2.24, 2.45) is 0 Å². The molecule has 1 aliphatic heterocycles. The van der Waals surface area contributed by atoms with E-state index in [1.54, 1.807) is 0 Å². The van der Waals surface area contributed by atoms with Crippen molar-refractivity contribution in [1.29, 1.82) is 0 Å². The number of likely N-dealkylation sites (tertiary alicyclic amines) is 1. The highest BCUT2D eigenvalue weighted by molar-refractivity contribution is 5.94. The molecule has 2 aromatic carbocycles. The van der Waals surface area contributed by atoms with Gasteiger partial charge in [-0.05, 0) is 74.0 Å². The SMILES string of the molecule is O=C(NC1CCCc2ccccc21)c1ccc(CN2CCCCC2)cc1. The summed E-state index contributed by atoms with van der Waals surface area (Å²) in [5, 5.41) is 3.24. The Morgan fingerprint density at radius 3 is 2.54 bits per heavy atom. The second kappa shape index (κ2) is 8.05. The Balaban J connectivity index is 1.39. The van der Waals surface area contributed by atoms with Crippen LogP contribution in [0, 0.1) is 0 Å². The van der Waals surface area contributed by atoms with Crippen LogP contribution >= 0.6 is 0 Å². The normalized spacial score (nSPS) is 20.4. The van der Waals surface area contributed by atoms with E-state index in [0.717, 1.165) is 31.4 Å². The van der Waals surface area contributed by atoms with Crippen LogP contribution in [0.3, 0.4) is 0 Å². The van der Waals surface area contributed by atoms with E-state index in [1.165, 1.54) is 49.0 Å². The van der Waals surface area contributed by atoms with Gasteiger partial charge >= 0.3 is 0 Å². The van der Waals surface area contributed by atoms with Crippen LogP contribution in [0.5, 0.6) is 0 Å². The average Bonchev–Trinajstić information content (AvgIpc) is 2.70. The number of benzene rings is 2. The molecule has 3 heteroatoms. The minimum atomic E-state index is 0.0382. The molecule has 1 atom stereocenters. The van der Waals surface area contributed by atoms with Gasteiger partial charge in [0.25, 0.3) is 5.91 Å². The second-order valence-electron chi connectivity index (χ2n) is 7.65. The first-order valence-electron chi connectivity index (χ1n) is 9.99. The monoisotopic (exact) mass is 348 g/mol. The second-order valence-corrected chi connectivity index (χ2v) is 7.65. The molecule has 3 nitrogen and oxygen atoms in total. The standard InChI is InChI=1S/C23H28N2O/c26-23(24-22-10-6-8-19-7-2-3-9-21(19)22)20-13-11-18(12-14-20)17-25-15-4-1-5-16-25/h2-3,7,9,11-14,22H,1,4-6,8,10,15-17H2,(H,24,26). The molecule has 2 aromatic rings. The smallest absolute Gasteiger partial charge is 0.251 e. The lowest BCUT2D eigenvalue weighted by Gasteiger charge is -2.27. The minimum Gasteiger partial charge on any atom is -0.345 e. The molecule has 1 N–H and O–H groups in total. The molecule has 4 rings (SSSR count). The maximum atomic E-state index is 12.7. The molecular weight excluding hydrogens is 320 g/mol. The van der Waals surface area contributed by atoms with Crippen molar-refractivity contribution in [3.05, 3.63) is 70.8 Å². The lowest BCUT2D eigenvalue weighted by atomic mass is 9.87. The first-order chi connectivity index (χ1) is 12.8. The van der Waals surface area contributed by atoms with Gasteiger partial charge in [0.15, 0.2) is 0 Å². The lowest BCUT2D eigenvalue weighted by Crippen LogP contribution is -2.31. The molecule has 0 radical (unpaired) electrons. The van der Waals surface area contributed by atoms with Crippen LogP contribution in [-0.4, -0.2) is 23.9 Å². The van der Waals surface area contributed by atoms with Gasteiger partial charge in [0.2, 0.25) is 0 Å². The van der Waals surface area contributed by atoms with E-state index in [-0.39, 0.29) is 11.9 Å². The summed E-state index contributed by atoms with van der Waals surface area (Å²) >= 11 is 0. The molecule has 26 heavy (non-hydrogen) atoms. The highest BCUT2D eigenvalue weighted by Gasteiger charge is 2.21. The quantitative estimate of drug-likeness (QED) is 0.883. The molecule has 0 spiro atoms. The number of piperidine rings is 1. The first kappa shape index (κ1) is 17.3. The molecule has 1 heterocycles. The summed E-state index contributed by atoms with van der Waals surface area (Å²) in [5.41, 5.74) is 4.72. The largest absolute Gasteiger partial charge is 0.345 e. The van der Waals surface area contributed by atoms with Gasteiger partial charge in [0.1, 0.15) is 0 Å². The van der Waals surface area contributed by atoms with Crippen LogP contribution in [0.15, 0.2) is 48.5 Å². The molecule has 0 saturated carbocycles. The van der Waals surface area contributed by atoms with Gasteiger partial charge in [-0.3, -0.25) is 9.69 Å². The van der Waals surface area contributed by atoms with Crippen LogP contribution in [0.4, 0.5) is 0 Å². The van der Waals surface area contributed by atoms with E-state index in [2.05, 4.69) is 46.6 Å². The van der Waals surface area contributed by atoms with E-state index in [4.69, 9.17) is 0 Å². The molecule has 1 saturated heterocycles. The Morgan fingerprint density at radius 1 is 0.962 bits per heavy atom. The average molecular weight is 348 g/mol. The van der Waals surface area contributed by atoms with Crippen molar-refractivity contribution < 1.29 is 4.79 Å². The Morgan fingerprint density at radius 2 is 1.73 bits per heavy atom. The summed E-state index contributed by atoms with van der Waals surface area (Å²) in [6, 6.07) is 16.8. The number of hydrogen-bond donors (Lipinski definition) is 1. The Labute approximate surface area is 156 Å². The summed E-state index contributed by atoms with van der Waals surface area (Å²) in [7, 11) is 0. The molecule has 2 aliphatic rings. The predicted octanol–water partition coefficient (Wildman–Crippen LogP) is 4.48. The van der Waals surface area contributed by atoms with Crippen molar-refractivity contribution in [3.8, 4) is 0 Å². The van der Waals surface area contributed by atoms with E-state index < -0.39 is 0 Å². The molecule has 1 fully saturated rings. The van der Waals surface area contributed by atoms with Gasteiger partial charge in [-0.1, -0.05) is 42.8 Å². The van der Waals surface area contributed by atoms with E-state index in [1.807, 2.05) is 12.1 Å². The maximum Gasteiger partial charge on any atom is 0.251 e. The number of amides is 1. The number of fused-ring (bicyclic) bond motifs is 1. The zero-order valence-electron chi connectivity index (χ0n) is 15.4. The zero-order valence-corrected chi connectivity index (χ0v) is 15.4. The predicted molar refractivity (Wildman–Crippen MR) is 105 cm³/mol. The van der Waals surface area contributed by atoms with Crippen molar-refractivity contribution >= 4 is 5.91 Å². The van der Waals surface area contributed by atoms with Gasteiger partial charge < -0.3 is 5.32 Å². The molecule has 1 amide bonds. The number of carbonyl (C=O) groups is 1. The van der Waals surface area contributed by atoms with Crippen LogP contribution in [-0.2, 0) is 13.0 Å². The maximum absolute atomic E-state index is 12.7. The number of nitrogens with zero attached hydrogens (tertiary/aromatic N) is 1. The third-order valence-corrected chi connectivity index (χ3v) is 5.75.